The maximum atomic E-state index is 12.3. The Morgan fingerprint density at radius 2 is 1.92 bits per heavy atom. The minimum Gasteiger partial charge on any atom is -0.492 e. The van der Waals surface area contributed by atoms with Crippen LogP contribution in [0, 0.1) is 0 Å². The Kier molecular flexibility index (Phi) is 5.96. The molecule has 0 fully saturated rings. The van der Waals surface area contributed by atoms with Gasteiger partial charge in [-0.05, 0) is 38.1 Å². The van der Waals surface area contributed by atoms with Gasteiger partial charge in [-0.15, -0.1) is 10.2 Å². The van der Waals surface area contributed by atoms with Crippen molar-refractivity contribution in [2.45, 2.75) is 25.5 Å². The van der Waals surface area contributed by atoms with Crippen molar-refractivity contribution in [3.63, 3.8) is 0 Å². The summed E-state index contributed by atoms with van der Waals surface area (Å²) in [4.78, 5) is 12.3. The van der Waals surface area contributed by atoms with Crippen molar-refractivity contribution in [2.24, 2.45) is 0 Å². The lowest BCUT2D eigenvalue weighted by Crippen LogP contribution is -2.15. The number of carbonyl (C=O) groups is 1. The van der Waals surface area contributed by atoms with Gasteiger partial charge in [-0.3, -0.25) is 13.9 Å². The van der Waals surface area contributed by atoms with Crippen LogP contribution < -0.4 is 10.1 Å². The van der Waals surface area contributed by atoms with E-state index in [2.05, 4.69) is 15.5 Å². The molecule has 0 unspecified atom stereocenters. The van der Waals surface area contributed by atoms with Gasteiger partial charge in [0, 0.05) is 18.9 Å². The van der Waals surface area contributed by atoms with Crippen molar-refractivity contribution in [3.8, 4) is 11.7 Å². The van der Waals surface area contributed by atoms with Crippen molar-refractivity contribution in [3.05, 3.63) is 48.8 Å². The summed E-state index contributed by atoms with van der Waals surface area (Å²) in [5.74, 6) is 1.53. The van der Waals surface area contributed by atoms with Crippen LogP contribution in [0.15, 0.2) is 53.9 Å². The Hall–Kier alpha value is -2.74. The summed E-state index contributed by atoms with van der Waals surface area (Å²) in [6.45, 7) is 5.20. The van der Waals surface area contributed by atoms with Crippen molar-refractivity contribution in [2.75, 3.05) is 17.7 Å². The van der Waals surface area contributed by atoms with Crippen LogP contribution in [0.4, 0.5) is 5.69 Å². The number of amides is 1. The number of rotatable bonds is 8. The molecule has 0 bridgehead atoms. The first kappa shape index (κ1) is 18.1. The largest absolute Gasteiger partial charge is 0.492 e. The number of anilines is 1. The van der Waals surface area contributed by atoms with E-state index in [0.29, 0.717) is 23.2 Å². The second-order valence-electron chi connectivity index (χ2n) is 5.38. The van der Waals surface area contributed by atoms with Crippen molar-refractivity contribution in [1.82, 2.24) is 19.3 Å². The number of ether oxygens (including phenoxy) is 1. The number of hydrogen-bond acceptors (Lipinski definition) is 5. The lowest BCUT2D eigenvalue weighted by molar-refractivity contribution is -0.113. The average Bonchev–Trinajstić information content (AvgIpc) is 3.30. The van der Waals surface area contributed by atoms with Crippen LogP contribution in [0.5, 0.6) is 5.75 Å². The van der Waals surface area contributed by atoms with E-state index in [1.165, 1.54) is 11.8 Å². The minimum atomic E-state index is -0.115. The van der Waals surface area contributed by atoms with Gasteiger partial charge in [-0.1, -0.05) is 23.9 Å². The highest BCUT2D eigenvalue weighted by molar-refractivity contribution is 7.99. The molecule has 0 saturated carbocycles. The minimum absolute atomic E-state index is 0.115. The number of aromatic nitrogens is 4. The molecule has 0 aliphatic rings. The van der Waals surface area contributed by atoms with Crippen LogP contribution in [-0.2, 0) is 11.3 Å². The number of nitrogens with zero attached hydrogens (tertiary/aromatic N) is 4. The molecule has 1 N–H and O–H groups in total. The molecule has 0 aliphatic carbocycles. The van der Waals surface area contributed by atoms with Gasteiger partial charge < -0.3 is 10.1 Å². The normalized spacial score (nSPS) is 10.7. The van der Waals surface area contributed by atoms with Crippen LogP contribution in [0.1, 0.15) is 13.8 Å². The predicted octanol–water partition coefficient (Wildman–Crippen LogP) is 3.22. The van der Waals surface area contributed by atoms with Crippen LogP contribution in [-0.4, -0.2) is 37.6 Å². The summed E-state index contributed by atoms with van der Waals surface area (Å²) in [6.07, 6.45) is 3.84. The molecule has 0 aliphatic heterocycles. The van der Waals surface area contributed by atoms with E-state index < -0.39 is 0 Å². The Balaban J connectivity index is 1.65. The highest BCUT2D eigenvalue weighted by Crippen LogP contribution is 2.25. The molecule has 7 nitrogen and oxygen atoms in total. The zero-order valence-corrected chi connectivity index (χ0v) is 15.6. The van der Waals surface area contributed by atoms with Crippen LogP contribution in [0.2, 0.25) is 0 Å². The van der Waals surface area contributed by atoms with Gasteiger partial charge in [0.25, 0.3) is 0 Å². The summed E-state index contributed by atoms with van der Waals surface area (Å²) in [7, 11) is 0. The molecule has 1 amide bonds. The molecular weight excluding hydrogens is 350 g/mol. The highest BCUT2D eigenvalue weighted by atomic mass is 32.2. The van der Waals surface area contributed by atoms with Crippen LogP contribution in [0.25, 0.3) is 5.95 Å². The number of nitrogens with one attached hydrogen (secondary N) is 1. The van der Waals surface area contributed by atoms with E-state index in [0.717, 1.165) is 12.5 Å². The van der Waals surface area contributed by atoms with Crippen molar-refractivity contribution in [1.29, 1.82) is 0 Å². The fourth-order valence-corrected chi connectivity index (χ4v) is 3.29. The Morgan fingerprint density at radius 3 is 2.65 bits per heavy atom. The standard InChI is InChI=1S/C18H21N5O2S/c1-3-23-17(22-11-7-8-12-22)20-21-18(23)26-13-16(24)19-14-9-5-6-10-15(14)25-4-2/h5-12H,3-4,13H2,1-2H3,(H,19,24). The summed E-state index contributed by atoms with van der Waals surface area (Å²) in [5, 5.41) is 12.1. The lowest BCUT2D eigenvalue weighted by Gasteiger charge is -2.11. The third kappa shape index (κ3) is 4.08. The van der Waals surface area contributed by atoms with Gasteiger partial charge in [-0.2, -0.15) is 0 Å². The zero-order chi connectivity index (χ0) is 18.4. The van der Waals surface area contributed by atoms with Gasteiger partial charge in [0.15, 0.2) is 5.16 Å². The third-order valence-electron chi connectivity index (χ3n) is 3.64. The van der Waals surface area contributed by atoms with Crippen molar-refractivity contribution < 1.29 is 9.53 Å². The molecule has 26 heavy (non-hydrogen) atoms. The van der Waals surface area contributed by atoms with Crippen molar-refractivity contribution >= 4 is 23.4 Å². The molecule has 136 valence electrons. The van der Waals surface area contributed by atoms with Crippen LogP contribution >= 0.6 is 11.8 Å². The van der Waals surface area contributed by atoms with Crippen LogP contribution in [0.3, 0.4) is 0 Å². The fourth-order valence-electron chi connectivity index (χ4n) is 2.49. The molecule has 0 saturated heterocycles. The van der Waals surface area contributed by atoms with Gasteiger partial charge >= 0.3 is 0 Å². The molecule has 2 heterocycles. The highest BCUT2D eigenvalue weighted by Gasteiger charge is 2.14. The molecule has 0 radical (unpaired) electrons. The summed E-state index contributed by atoms with van der Waals surface area (Å²) in [6, 6.07) is 11.3. The first-order valence-electron chi connectivity index (χ1n) is 8.44. The molecular formula is C18H21N5O2S. The van der Waals surface area contributed by atoms with E-state index in [9.17, 15) is 4.79 Å². The van der Waals surface area contributed by atoms with Gasteiger partial charge in [0.05, 0.1) is 18.0 Å². The molecule has 0 atom stereocenters. The van der Waals surface area contributed by atoms with Gasteiger partial charge in [0.1, 0.15) is 5.75 Å². The molecule has 8 heteroatoms. The number of hydrogen-bond donors (Lipinski definition) is 1. The second-order valence-corrected chi connectivity index (χ2v) is 6.33. The maximum Gasteiger partial charge on any atom is 0.236 e. The van der Waals surface area contributed by atoms with E-state index >= 15 is 0 Å². The Labute approximate surface area is 156 Å². The monoisotopic (exact) mass is 371 g/mol. The summed E-state index contributed by atoms with van der Waals surface area (Å²) < 4.78 is 9.41. The molecule has 0 spiro atoms. The molecule has 3 aromatic rings. The third-order valence-corrected chi connectivity index (χ3v) is 4.61. The summed E-state index contributed by atoms with van der Waals surface area (Å²) in [5.41, 5.74) is 0.671. The number of para-hydroxylation sites is 2. The zero-order valence-electron chi connectivity index (χ0n) is 14.8. The van der Waals surface area contributed by atoms with Gasteiger partial charge in [-0.25, -0.2) is 0 Å². The maximum absolute atomic E-state index is 12.3. The SMILES string of the molecule is CCOc1ccccc1NC(=O)CSc1nnc(-n2cccc2)n1CC. The predicted molar refractivity (Wildman–Crippen MR) is 102 cm³/mol. The smallest absolute Gasteiger partial charge is 0.236 e. The fraction of sp³-hybridized carbons (Fsp3) is 0.278. The van der Waals surface area contributed by atoms with Gasteiger partial charge in [0.2, 0.25) is 11.9 Å². The number of benzene rings is 1. The quantitative estimate of drug-likeness (QED) is 0.616. The number of carbonyl (C=O) groups excluding carboxylic acids is 1. The first-order chi connectivity index (χ1) is 12.7. The Morgan fingerprint density at radius 1 is 1.15 bits per heavy atom. The van der Waals surface area contributed by atoms with E-state index in [4.69, 9.17) is 4.74 Å². The molecule has 3 rings (SSSR count). The van der Waals surface area contributed by atoms with E-state index in [1.807, 2.05) is 71.8 Å². The number of thioether (sulfide) groups is 1. The average molecular weight is 371 g/mol. The first-order valence-corrected chi connectivity index (χ1v) is 9.42. The molecule has 2 aromatic heterocycles. The van der Waals surface area contributed by atoms with E-state index in [-0.39, 0.29) is 11.7 Å². The van der Waals surface area contributed by atoms with E-state index in [1.54, 1.807) is 0 Å². The summed E-state index contributed by atoms with van der Waals surface area (Å²) >= 11 is 1.36. The lowest BCUT2D eigenvalue weighted by atomic mass is 10.3. The second kappa shape index (κ2) is 8.57. The molecule has 1 aromatic carbocycles. The topological polar surface area (TPSA) is 74.0 Å². The Bertz CT molecular complexity index is 860.